The van der Waals surface area contributed by atoms with Crippen molar-refractivity contribution >= 4 is 5.69 Å². The van der Waals surface area contributed by atoms with E-state index in [1.165, 1.54) is 44.5 Å². The van der Waals surface area contributed by atoms with E-state index in [1.54, 1.807) is 7.11 Å². The van der Waals surface area contributed by atoms with Crippen LogP contribution in [0.1, 0.15) is 32.6 Å². The molecule has 116 valence electrons. The first-order valence-electron chi connectivity index (χ1n) is 8.40. The molecule has 2 aliphatic rings. The summed E-state index contributed by atoms with van der Waals surface area (Å²) in [6.07, 6.45) is 5.64. The van der Waals surface area contributed by atoms with Gasteiger partial charge in [0, 0.05) is 32.2 Å². The van der Waals surface area contributed by atoms with Crippen molar-refractivity contribution in [3.63, 3.8) is 0 Å². The topological polar surface area (TPSA) is 15.7 Å². The number of ether oxygens (including phenoxy) is 1. The Morgan fingerprint density at radius 3 is 2.52 bits per heavy atom. The summed E-state index contributed by atoms with van der Waals surface area (Å²) in [6, 6.07) is 9.21. The molecular formula is C18H28N2O. The molecule has 0 bridgehead atoms. The maximum atomic E-state index is 5.50. The zero-order valence-electron chi connectivity index (χ0n) is 13.4. The van der Waals surface area contributed by atoms with Crippen LogP contribution < -0.4 is 9.64 Å². The number of nitrogens with zero attached hydrogens (tertiary/aromatic N) is 2. The number of rotatable bonds is 3. The van der Waals surface area contributed by atoms with E-state index in [2.05, 4.69) is 34.9 Å². The minimum Gasteiger partial charge on any atom is -0.495 e. The molecule has 3 rings (SSSR count). The van der Waals surface area contributed by atoms with Crippen LogP contribution in [0.25, 0.3) is 0 Å². The van der Waals surface area contributed by atoms with Gasteiger partial charge in [0.15, 0.2) is 0 Å². The highest BCUT2D eigenvalue weighted by Crippen LogP contribution is 2.31. The zero-order chi connectivity index (χ0) is 14.7. The average molecular weight is 288 g/mol. The number of hydrogen-bond donors (Lipinski definition) is 0. The van der Waals surface area contributed by atoms with Gasteiger partial charge in [0.1, 0.15) is 5.75 Å². The third kappa shape index (κ3) is 3.34. The second-order valence-electron chi connectivity index (χ2n) is 6.62. The van der Waals surface area contributed by atoms with Crippen molar-refractivity contribution < 1.29 is 4.74 Å². The summed E-state index contributed by atoms with van der Waals surface area (Å²) < 4.78 is 5.50. The molecule has 3 nitrogen and oxygen atoms in total. The van der Waals surface area contributed by atoms with E-state index in [0.717, 1.165) is 30.8 Å². The highest BCUT2D eigenvalue weighted by molar-refractivity contribution is 5.58. The summed E-state index contributed by atoms with van der Waals surface area (Å²) >= 11 is 0. The van der Waals surface area contributed by atoms with Crippen molar-refractivity contribution in [3.05, 3.63) is 24.3 Å². The van der Waals surface area contributed by atoms with E-state index in [0.29, 0.717) is 0 Å². The number of hydrogen-bond acceptors (Lipinski definition) is 3. The van der Waals surface area contributed by atoms with Gasteiger partial charge in [0.05, 0.1) is 12.8 Å². The molecule has 1 heterocycles. The van der Waals surface area contributed by atoms with Crippen LogP contribution in [0.3, 0.4) is 0 Å². The van der Waals surface area contributed by atoms with Crippen LogP contribution in [0.5, 0.6) is 5.75 Å². The molecule has 3 heteroatoms. The number of piperazine rings is 1. The largest absolute Gasteiger partial charge is 0.495 e. The van der Waals surface area contributed by atoms with Crippen LogP contribution in [0.2, 0.25) is 0 Å². The molecule has 1 aromatic carbocycles. The number of para-hydroxylation sites is 2. The van der Waals surface area contributed by atoms with Crippen LogP contribution in [0.4, 0.5) is 5.69 Å². The van der Waals surface area contributed by atoms with Crippen LogP contribution in [-0.4, -0.2) is 44.2 Å². The van der Waals surface area contributed by atoms with E-state index >= 15 is 0 Å². The molecule has 2 atom stereocenters. The van der Waals surface area contributed by atoms with Gasteiger partial charge in [-0.2, -0.15) is 0 Å². The maximum absolute atomic E-state index is 5.50. The Morgan fingerprint density at radius 1 is 1.05 bits per heavy atom. The number of benzene rings is 1. The fourth-order valence-corrected chi connectivity index (χ4v) is 3.95. The molecule has 1 aliphatic carbocycles. The Bertz CT molecular complexity index is 454. The second-order valence-corrected chi connectivity index (χ2v) is 6.62. The van der Waals surface area contributed by atoms with Crippen molar-refractivity contribution in [2.75, 3.05) is 38.2 Å². The maximum Gasteiger partial charge on any atom is 0.142 e. The second kappa shape index (κ2) is 6.69. The van der Waals surface area contributed by atoms with E-state index in [4.69, 9.17) is 4.74 Å². The molecule has 1 aromatic rings. The van der Waals surface area contributed by atoms with E-state index in [1.807, 2.05) is 6.07 Å². The van der Waals surface area contributed by atoms with Gasteiger partial charge in [-0.3, -0.25) is 4.90 Å². The van der Waals surface area contributed by atoms with Crippen molar-refractivity contribution in [3.8, 4) is 5.75 Å². The lowest BCUT2D eigenvalue weighted by atomic mass is 9.86. The lowest BCUT2D eigenvalue weighted by Gasteiger charge is -2.42. The van der Waals surface area contributed by atoms with Crippen molar-refractivity contribution in [1.82, 2.24) is 4.90 Å². The molecule has 21 heavy (non-hydrogen) atoms. The van der Waals surface area contributed by atoms with Gasteiger partial charge < -0.3 is 9.64 Å². The molecule has 1 saturated carbocycles. The van der Waals surface area contributed by atoms with Gasteiger partial charge in [0.2, 0.25) is 0 Å². The smallest absolute Gasteiger partial charge is 0.142 e. The predicted octanol–water partition coefficient (Wildman–Crippen LogP) is 3.40. The van der Waals surface area contributed by atoms with Crippen LogP contribution >= 0.6 is 0 Å². The lowest BCUT2D eigenvalue weighted by molar-refractivity contribution is 0.127. The fourth-order valence-electron chi connectivity index (χ4n) is 3.95. The van der Waals surface area contributed by atoms with Crippen molar-refractivity contribution in [1.29, 1.82) is 0 Å². The molecule has 2 fully saturated rings. The number of anilines is 1. The molecule has 1 aliphatic heterocycles. The van der Waals surface area contributed by atoms with Gasteiger partial charge in [-0.05, 0) is 30.9 Å². The molecular weight excluding hydrogens is 260 g/mol. The van der Waals surface area contributed by atoms with Gasteiger partial charge in [-0.25, -0.2) is 0 Å². The van der Waals surface area contributed by atoms with Crippen molar-refractivity contribution in [2.45, 2.75) is 38.6 Å². The Labute approximate surface area is 128 Å². The SMILES string of the molecule is COc1ccccc1N1CCN([C@H]2CCC[C@@H](C)C2)CC1. The third-order valence-corrected chi connectivity index (χ3v) is 5.17. The van der Waals surface area contributed by atoms with Gasteiger partial charge in [0.25, 0.3) is 0 Å². The average Bonchev–Trinajstić information content (AvgIpc) is 2.55. The number of methoxy groups -OCH3 is 1. The van der Waals surface area contributed by atoms with E-state index in [-0.39, 0.29) is 0 Å². The molecule has 0 aromatic heterocycles. The van der Waals surface area contributed by atoms with E-state index < -0.39 is 0 Å². The quantitative estimate of drug-likeness (QED) is 0.848. The van der Waals surface area contributed by atoms with Gasteiger partial charge >= 0.3 is 0 Å². The highest BCUT2D eigenvalue weighted by atomic mass is 16.5. The monoisotopic (exact) mass is 288 g/mol. The van der Waals surface area contributed by atoms with Crippen LogP contribution in [-0.2, 0) is 0 Å². The Balaban J connectivity index is 1.60. The summed E-state index contributed by atoms with van der Waals surface area (Å²) in [7, 11) is 1.76. The van der Waals surface area contributed by atoms with Gasteiger partial charge in [-0.15, -0.1) is 0 Å². The molecule has 0 spiro atoms. The lowest BCUT2D eigenvalue weighted by Crippen LogP contribution is -2.51. The Kier molecular flexibility index (Phi) is 4.69. The summed E-state index contributed by atoms with van der Waals surface area (Å²) in [5.74, 6) is 1.91. The first kappa shape index (κ1) is 14.7. The molecule has 0 amide bonds. The summed E-state index contributed by atoms with van der Waals surface area (Å²) in [4.78, 5) is 5.20. The fraction of sp³-hybridized carbons (Fsp3) is 0.667. The van der Waals surface area contributed by atoms with E-state index in [9.17, 15) is 0 Å². The predicted molar refractivity (Wildman–Crippen MR) is 88.2 cm³/mol. The normalized spacial score (nSPS) is 27.6. The highest BCUT2D eigenvalue weighted by Gasteiger charge is 2.28. The van der Waals surface area contributed by atoms with Crippen LogP contribution in [0, 0.1) is 5.92 Å². The third-order valence-electron chi connectivity index (χ3n) is 5.17. The Hall–Kier alpha value is -1.22. The summed E-state index contributed by atoms with van der Waals surface area (Å²) in [6.45, 7) is 7.03. The molecule has 0 radical (unpaired) electrons. The van der Waals surface area contributed by atoms with Crippen LogP contribution in [0.15, 0.2) is 24.3 Å². The molecule has 0 N–H and O–H groups in total. The summed E-state index contributed by atoms with van der Waals surface area (Å²) in [5.41, 5.74) is 1.25. The molecule has 1 saturated heterocycles. The Morgan fingerprint density at radius 2 is 1.81 bits per heavy atom. The standard InChI is InChI=1S/C18H28N2O/c1-15-6-5-7-16(14-15)19-10-12-20(13-11-19)17-8-3-4-9-18(17)21-2/h3-4,8-9,15-16H,5-7,10-14H2,1-2H3/t15-,16+/m1/s1. The summed E-state index contributed by atoms with van der Waals surface area (Å²) in [5, 5.41) is 0. The zero-order valence-corrected chi connectivity index (χ0v) is 13.4. The minimum absolute atomic E-state index is 0.827. The minimum atomic E-state index is 0.827. The molecule has 0 unspecified atom stereocenters. The first-order valence-corrected chi connectivity index (χ1v) is 8.40. The first-order chi connectivity index (χ1) is 10.3. The van der Waals surface area contributed by atoms with Crippen molar-refractivity contribution in [2.24, 2.45) is 5.92 Å². The van der Waals surface area contributed by atoms with Gasteiger partial charge in [-0.1, -0.05) is 31.9 Å².